The van der Waals surface area contributed by atoms with Crippen LogP contribution in [0.1, 0.15) is 24.1 Å². The Morgan fingerprint density at radius 2 is 1.76 bits per heavy atom. The number of aryl methyl sites for hydroxylation is 1. The molecule has 2 aromatic rings. The van der Waals surface area contributed by atoms with E-state index in [1.807, 2.05) is 31.2 Å². The molecule has 0 aromatic heterocycles. The molecule has 3 N–H and O–H groups in total. The molecule has 6 heteroatoms. The second-order valence-corrected chi connectivity index (χ2v) is 7.60. The molecule has 0 spiro atoms. The fourth-order valence-electron chi connectivity index (χ4n) is 2.05. The number of nitrogens with two attached hydrogens (primary N) is 1. The molecule has 0 amide bonds. The van der Waals surface area contributed by atoms with Crippen molar-refractivity contribution in [1.82, 2.24) is 4.72 Å². The molecule has 0 saturated heterocycles. The van der Waals surface area contributed by atoms with Crippen molar-refractivity contribution in [2.24, 2.45) is 0 Å². The maximum atomic E-state index is 12.4. The quantitative estimate of drug-likeness (QED) is 0.812. The molecular formula is C15H17BrN2O2S. The van der Waals surface area contributed by atoms with Crippen molar-refractivity contribution in [1.29, 1.82) is 0 Å². The van der Waals surface area contributed by atoms with E-state index >= 15 is 0 Å². The van der Waals surface area contributed by atoms with Gasteiger partial charge in [-0.3, -0.25) is 0 Å². The Labute approximate surface area is 133 Å². The summed E-state index contributed by atoms with van der Waals surface area (Å²) in [7, 11) is -3.60. The minimum Gasteiger partial charge on any atom is -0.399 e. The van der Waals surface area contributed by atoms with Crippen LogP contribution in [-0.2, 0) is 10.0 Å². The van der Waals surface area contributed by atoms with Gasteiger partial charge in [0, 0.05) is 16.2 Å². The number of sulfonamides is 1. The van der Waals surface area contributed by atoms with Crippen molar-refractivity contribution < 1.29 is 8.42 Å². The van der Waals surface area contributed by atoms with Gasteiger partial charge < -0.3 is 5.73 Å². The van der Waals surface area contributed by atoms with Crippen LogP contribution >= 0.6 is 15.9 Å². The highest BCUT2D eigenvalue weighted by atomic mass is 79.9. The Bertz CT molecular complexity index is 723. The summed E-state index contributed by atoms with van der Waals surface area (Å²) >= 11 is 3.36. The van der Waals surface area contributed by atoms with E-state index in [0.717, 1.165) is 15.6 Å². The first-order valence-corrected chi connectivity index (χ1v) is 8.70. The lowest BCUT2D eigenvalue weighted by Crippen LogP contribution is -2.27. The molecule has 0 unspecified atom stereocenters. The number of hydrogen-bond acceptors (Lipinski definition) is 3. The summed E-state index contributed by atoms with van der Waals surface area (Å²) in [6.45, 7) is 3.62. The molecule has 0 bridgehead atoms. The van der Waals surface area contributed by atoms with E-state index in [9.17, 15) is 8.42 Å². The largest absolute Gasteiger partial charge is 0.399 e. The number of rotatable bonds is 4. The van der Waals surface area contributed by atoms with Gasteiger partial charge in [-0.2, -0.15) is 0 Å². The first-order chi connectivity index (χ1) is 9.78. The fourth-order valence-corrected chi connectivity index (χ4v) is 3.69. The summed E-state index contributed by atoms with van der Waals surface area (Å²) in [6, 6.07) is 12.0. The van der Waals surface area contributed by atoms with E-state index in [4.69, 9.17) is 5.73 Å². The maximum Gasteiger partial charge on any atom is 0.241 e. The van der Waals surface area contributed by atoms with Gasteiger partial charge in [-0.25, -0.2) is 13.1 Å². The van der Waals surface area contributed by atoms with Crippen molar-refractivity contribution in [3.05, 3.63) is 58.1 Å². The molecule has 1 atom stereocenters. The molecule has 0 aliphatic rings. The van der Waals surface area contributed by atoms with Gasteiger partial charge in [0.15, 0.2) is 0 Å². The highest BCUT2D eigenvalue weighted by molar-refractivity contribution is 9.10. The smallest absolute Gasteiger partial charge is 0.241 e. The summed E-state index contributed by atoms with van der Waals surface area (Å²) in [5.74, 6) is 0. The predicted octanol–water partition coefficient (Wildman–Crippen LogP) is 3.38. The molecule has 0 radical (unpaired) electrons. The Morgan fingerprint density at radius 1 is 1.14 bits per heavy atom. The maximum absolute atomic E-state index is 12.4. The van der Waals surface area contributed by atoms with Gasteiger partial charge in [0.1, 0.15) is 0 Å². The second kappa shape index (κ2) is 6.17. The predicted molar refractivity (Wildman–Crippen MR) is 88.5 cm³/mol. The number of nitrogens with one attached hydrogen (secondary N) is 1. The molecule has 0 fully saturated rings. The van der Waals surface area contributed by atoms with Crippen LogP contribution in [0.5, 0.6) is 0 Å². The zero-order valence-corrected chi connectivity index (χ0v) is 14.2. The van der Waals surface area contributed by atoms with Crippen LogP contribution in [0.25, 0.3) is 0 Å². The molecule has 0 heterocycles. The van der Waals surface area contributed by atoms with Crippen molar-refractivity contribution in [2.75, 3.05) is 5.73 Å². The minimum atomic E-state index is -3.60. The second-order valence-electron chi connectivity index (χ2n) is 4.97. The number of anilines is 1. The number of nitrogen functional groups attached to an aromatic ring is 1. The van der Waals surface area contributed by atoms with Crippen LogP contribution in [0, 0.1) is 6.92 Å². The Kier molecular flexibility index (Phi) is 4.70. The van der Waals surface area contributed by atoms with Gasteiger partial charge >= 0.3 is 0 Å². The Balaban J connectivity index is 2.26. The summed E-state index contributed by atoms with van der Waals surface area (Å²) in [4.78, 5) is 0.184. The van der Waals surface area contributed by atoms with Crippen molar-refractivity contribution in [3.63, 3.8) is 0 Å². The average molecular weight is 369 g/mol. The molecule has 0 saturated carbocycles. The van der Waals surface area contributed by atoms with Crippen molar-refractivity contribution in [3.8, 4) is 0 Å². The van der Waals surface area contributed by atoms with Crippen LogP contribution < -0.4 is 10.5 Å². The lowest BCUT2D eigenvalue weighted by molar-refractivity contribution is 0.567. The third-order valence-corrected chi connectivity index (χ3v) is 5.13. The first kappa shape index (κ1) is 16.0. The van der Waals surface area contributed by atoms with Crippen molar-refractivity contribution >= 4 is 31.6 Å². The van der Waals surface area contributed by atoms with Gasteiger partial charge in [-0.15, -0.1) is 0 Å². The highest BCUT2D eigenvalue weighted by Crippen LogP contribution is 2.21. The molecule has 2 rings (SSSR count). The van der Waals surface area contributed by atoms with Crippen LogP contribution in [0.15, 0.2) is 51.8 Å². The number of hydrogen-bond donors (Lipinski definition) is 2. The van der Waals surface area contributed by atoms with Crippen molar-refractivity contribution in [2.45, 2.75) is 24.8 Å². The molecule has 21 heavy (non-hydrogen) atoms. The average Bonchev–Trinajstić information content (AvgIpc) is 2.37. The Hall–Kier alpha value is -1.37. The van der Waals surface area contributed by atoms with E-state index in [1.54, 1.807) is 19.1 Å². The highest BCUT2D eigenvalue weighted by Gasteiger charge is 2.19. The molecular weight excluding hydrogens is 352 g/mol. The summed E-state index contributed by atoms with van der Waals surface area (Å²) in [5, 5.41) is 0. The third kappa shape index (κ3) is 4.06. The van der Waals surface area contributed by atoms with Gasteiger partial charge in [0.05, 0.1) is 4.90 Å². The zero-order chi connectivity index (χ0) is 15.6. The van der Waals surface area contributed by atoms with E-state index in [0.29, 0.717) is 5.69 Å². The zero-order valence-electron chi connectivity index (χ0n) is 11.8. The molecule has 4 nitrogen and oxygen atoms in total. The SMILES string of the molecule is Cc1cc(N)cc(S(=O)(=O)N[C@@H](C)c2ccc(Br)cc2)c1. The van der Waals surface area contributed by atoms with Gasteiger partial charge in [0.25, 0.3) is 0 Å². The van der Waals surface area contributed by atoms with E-state index in [2.05, 4.69) is 20.7 Å². The lowest BCUT2D eigenvalue weighted by Gasteiger charge is -2.15. The topological polar surface area (TPSA) is 72.2 Å². The lowest BCUT2D eigenvalue weighted by atomic mass is 10.1. The number of halogens is 1. The summed E-state index contributed by atoms with van der Waals surface area (Å²) in [5.41, 5.74) is 7.86. The number of benzene rings is 2. The first-order valence-electron chi connectivity index (χ1n) is 6.43. The standard InChI is InChI=1S/C15H17BrN2O2S/c1-10-7-14(17)9-15(8-10)21(19,20)18-11(2)12-3-5-13(16)6-4-12/h3-9,11,18H,17H2,1-2H3/t11-/m0/s1. The molecule has 2 aromatic carbocycles. The summed E-state index contributed by atoms with van der Waals surface area (Å²) < 4.78 is 28.4. The summed E-state index contributed by atoms with van der Waals surface area (Å²) in [6.07, 6.45) is 0. The van der Waals surface area contributed by atoms with Gasteiger partial charge in [-0.05, 0) is 55.3 Å². The van der Waals surface area contributed by atoms with Crippen LogP contribution in [0.4, 0.5) is 5.69 Å². The van der Waals surface area contributed by atoms with E-state index < -0.39 is 10.0 Å². The van der Waals surface area contributed by atoms with Crippen LogP contribution in [-0.4, -0.2) is 8.42 Å². The Morgan fingerprint density at radius 3 is 2.33 bits per heavy atom. The normalized spacial score (nSPS) is 13.1. The van der Waals surface area contributed by atoms with E-state index in [1.165, 1.54) is 6.07 Å². The monoisotopic (exact) mass is 368 g/mol. The molecule has 0 aliphatic carbocycles. The minimum absolute atomic E-state index is 0.184. The fraction of sp³-hybridized carbons (Fsp3) is 0.200. The molecule has 112 valence electrons. The third-order valence-electron chi connectivity index (χ3n) is 3.09. The van der Waals surface area contributed by atoms with E-state index in [-0.39, 0.29) is 10.9 Å². The van der Waals surface area contributed by atoms with Gasteiger partial charge in [0.2, 0.25) is 10.0 Å². The van der Waals surface area contributed by atoms with Gasteiger partial charge in [-0.1, -0.05) is 28.1 Å². The van der Waals surface area contributed by atoms with Crippen LogP contribution in [0.3, 0.4) is 0 Å². The molecule has 0 aliphatic heterocycles. The van der Waals surface area contributed by atoms with Crippen LogP contribution in [0.2, 0.25) is 0 Å².